The van der Waals surface area contributed by atoms with Crippen LogP contribution in [0.1, 0.15) is 11.1 Å². The molecule has 0 fully saturated rings. The summed E-state index contributed by atoms with van der Waals surface area (Å²) in [5.41, 5.74) is 3.51. The van der Waals surface area contributed by atoms with Gasteiger partial charge >= 0.3 is 0 Å². The number of fused-ring (bicyclic) bond motifs is 1. The Labute approximate surface area is 166 Å². The maximum absolute atomic E-state index is 12.1. The van der Waals surface area contributed by atoms with Gasteiger partial charge in [-0.25, -0.2) is 13.4 Å². The van der Waals surface area contributed by atoms with Gasteiger partial charge < -0.3 is 5.32 Å². The van der Waals surface area contributed by atoms with E-state index in [1.165, 1.54) is 23.1 Å². The molecular weight excluding hydrogens is 402 g/mol. The van der Waals surface area contributed by atoms with Crippen molar-refractivity contribution in [2.45, 2.75) is 17.8 Å². The Morgan fingerprint density at radius 2 is 2.04 bits per heavy atom. The standard InChI is InChI=1S/C18H19N3O3S3/c1-12-4-3-5-13(8-12)10-19-17(22)11-25-18-20-15-7-6-14(9-16(15)26-18)21-27(2,23)24/h3-9,21H,10-11H2,1-2H3,(H,19,22). The van der Waals surface area contributed by atoms with Gasteiger partial charge in [-0.3, -0.25) is 9.52 Å². The molecule has 0 saturated heterocycles. The predicted octanol–water partition coefficient (Wildman–Crippen LogP) is 3.38. The van der Waals surface area contributed by atoms with Crippen molar-refractivity contribution in [3.05, 3.63) is 53.6 Å². The third-order valence-corrected chi connectivity index (χ3v) is 6.34. The molecule has 3 aromatic rings. The zero-order valence-electron chi connectivity index (χ0n) is 14.9. The number of nitrogens with one attached hydrogen (secondary N) is 2. The number of aromatic nitrogens is 1. The summed E-state index contributed by atoms with van der Waals surface area (Å²) in [7, 11) is -3.32. The first-order chi connectivity index (χ1) is 12.8. The number of sulfonamides is 1. The average molecular weight is 422 g/mol. The third kappa shape index (κ3) is 5.95. The Morgan fingerprint density at radius 1 is 1.22 bits per heavy atom. The summed E-state index contributed by atoms with van der Waals surface area (Å²) in [5, 5.41) is 2.91. The number of rotatable bonds is 7. The fourth-order valence-electron chi connectivity index (χ4n) is 2.44. The molecule has 0 spiro atoms. The van der Waals surface area contributed by atoms with Crippen LogP contribution < -0.4 is 10.0 Å². The van der Waals surface area contributed by atoms with Gasteiger partial charge in [-0.1, -0.05) is 41.6 Å². The van der Waals surface area contributed by atoms with Crippen LogP contribution in [0.5, 0.6) is 0 Å². The van der Waals surface area contributed by atoms with Crippen LogP contribution in [-0.2, 0) is 21.4 Å². The van der Waals surface area contributed by atoms with Crippen LogP contribution in [0, 0.1) is 6.92 Å². The van der Waals surface area contributed by atoms with Crippen molar-refractivity contribution in [1.29, 1.82) is 0 Å². The number of amides is 1. The highest BCUT2D eigenvalue weighted by atomic mass is 32.2. The smallest absolute Gasteiger partial charge is 0.230 e. The number of carbonyl (C=O) groups excluding carboxylic acids is 1. The van der Waals surface area contributed by atoms with E-state index in [1.807, 2.05) is 31.2 Å². The van der Waals surface area contributed by atoms with Crippen LogP contribution in [0.25, 0.3) is 10.2 Å². The minimum atomic E-state index is -3.32. The second kappa shape index (κ2) is 8.28. The summed E-state index contributed by atoms with van der Waals surface area (Å²) in [6, 6.07) is 13.2. The topological polar surface area (TPSA) is 88.2 Å². The summed E-state index contributed by atoms with van der Waals surface area (Å²) in [6.45, 7) is 2.52. The van der Waals surface area contributed by atoms with Gasteiger partial charge in [0, 0.05) is 6.54 Å². The van der Waals surface area contributed by atoms with E-state index in [-0.39, 0.29) is 11.7 Å². The van der Waals surface area contributed by atoms with Crippen LogP contribution in [-0.4, -0.2) is 31.3 Å². The van der Waals surface area contributed by atoms with Crippen molar-refractivity contribution < 1.29 is 13.2 Å². The van der Waals surface area contributed by atoms with Gasteiger partial charge in [0.1, 0.15) is 0 Å². The first-order valence-electron chi connectivity index (χ1n) is 8.12. The number of anilines is 1. The van der Waals surface area contributed by atoms with E-state index in [0.717, 1.165) is 31.9 Å². The molecule has 3 rings (SSSR count). The van der Waals surface area contributed by atoms with E-state index in [4.69, 9.17) is 0 Å². The normalized spacial score (nSPS) is 11.5. The summed E-state index contributed by atoms with van der Waals surface area (Å²) >= 11 is 2.80. The summed E-state index contributed by atoms with van der Waals surface area (Å²) in [5.74, 6) is 0.222. The van der Waals surface area contributed by atoms with Crippen molar-refractivity contribution in [2.75, 3.05) is 16.7 Å². The molecule has 2 N–H and O–H groups in total. The molecule has 1 amide bonds. The van der Waals surface area contributed by atoms with E-state index in [0.29, 0.717) is 12.2 Å². The van der Waals surface area contributed by atoms with Crippen molar-refractivity contribution in [3.63, 3.8) is 0 Å². The Hall–Kier alpha value is -2.10. The SMILES string of the molecule is Cc1cccc(CNC(=O)CSc2nc3ccc(NS(C)(=O)=O)cc3s2)c1. The van der Waals surface area contributed by atoms with Crippen LogP contribution in [0.2, 0.25) is 0 Å². The quantitative estimate of drug-likeness (QED) is 0.571. The van der Waals surface area contributed by atoms with Gasteiger partial charge in [-0.15, -0.1) is 11.3 Å². The zero-order valence-corrected chi connectivity index (χ0v) is 17.3. The lowest BCUT2D eigenvalue weighted by Crippen LogP contribution is -2.24. The number of thiazole rings is 1. The Kier molecular flexibility index (Phi) is 6.03. The highest BCUT2D eigenvalue weighted by Crippen LogP contribution is 2.31. The molecule has 27 heavy (non-hydrogen) atoms. The lowest BCUT2D eigenvalue weighted by atomic mass is 10.1. The van der Waals surface area contributed by atoms with Gasteiger partial charge in [0.05, 0.1) is 27.9 Å². The molecule has 2 aromatic carbocycles. The van der Waals surface area contributed by atoms with Crippen molar-refractivity contribution in [3.8, 4) is 0 Å². The van der Waals surface area contributed by atoms with Crippen molar-refractivity contribution >= 4 is 54.9 Å². The lowest BCUT2D eigenvalue weighted by molar-refractivity contribution is -0.118. The summed E-state index contributed by atoms with van der Waals surface area (Å²) in [6.07, 6.45) is 1.11. The van der Waals surface area contributed by atoms with Crippen LogP contribution in [0.3, 0.4) is 0 Å². The number of thioether (sulfide) groups is 1. The zero-order chi connectivity index (χ0) is 19.4. The fourth-order valence-corrected chi connectivity index (χ4v) is 4.94. The van der Waals surface area contributed by atoms with Crippen LogP contribution in [0.4, 0.5) is 5.69 Å². The maximum Gasteiger partial charge on any atom is 0.230 e. The molecule has 6 nitrogen and oxygen atoms in total. The first-order valence-corrected chi connectivity index (χ1v) is 11.8. The molecule has 0 atom stereocenters. The molecule has 0 saturated carbocycles. The average Bonchev–Trinajstić information content (AvgIpc) is 2.99. The van der Waals surface area contributed by atoms with E-state index < -0.39 is 10.0 Å². The molecule has 1 heterocycles. The molecule has 0 aliphatic carbocycles. The van der Waals surface area contributed by atoms with E-state index in [2.05, 4.69) is 15.0 Å². The predicted molar refractivity (Wildman–Crippen MR) is 112 cm³/mol. The minimum absolute atomic E-state index is 0.0554. The van der Waals surface area contributed by atoms with Crippen molar-refractivity contribution in [2.24, 2.45) is 0 Å². The number of aryl methyl sites for hydroxylation is 1. The van der Waals surface area contributed by atoms with E-state index in [1.54, 1.807) is 18.2 Å². The molecule has 0 unspecified atom stereocenters. The molecule has 0 radical (unpaired) electrons. The Balaban J connectivity index is 1.57. The number of hydrogen-bond donors (Lipinski definition) is 2. The molecule has 0 bridgehead atoms. The molecule has 0 aliphatic rings. The Morgan fingerprint density at radius 3 is 2.78 bits per heavy atom. The van der Waals surface area contributed by atoms with Gasteiger partial charge in [0.15, 0.2) is 4.34 Å². The maximum atomic E-state index is 12.1. The van der Waals surface area contributed by atoms with Crippen LogP contribution in [0.15, 0.2) is 46.8 Å². The van der Waals surface area contributed by atoms with E-state index in [9.17, 15) is 13.2 Å². The summed E-state index contributed by atoms with van der Waals surface area (Å²) < 4.78 is 26.7. The monoisotopic (exact) mass is 421 g/mol. The van der Waals surface area contributed by atoms with Gasteiger partial charge in [-0.05, 0) is 30.7 Å². The molecule has 9 heteroatoms. The minimum Gasteiger partial charge on any atom is -0.351 e. The van der Waals surface area contributed by atoms with Crippen LogP contribution >= 0.6 is 23.1 Å². The first kappa shape index (κ1) is 19.7. The highest BCUT2D eigenvalue weighted by molar-refractivity contribution is 8.01. The van der Waals surface area contributed by atoms with Gasteiger partial charge in [0.2, 0.25) is 15.9 Å². The molecule has 0 aliphatic heterocycles. The molecule has 142 valence electrons. The van der Waals surface area contributed by atoms with Crippen molar-refractivity contribution in [1.82, 2.24) is 10.3 Å². The molecule has 1 aromatic heterocycles. The number of carbonyl (C=O) groups is 1. The van der Waals surface area contributed by atoms with Gasteiger partial charge in [0.25, 0.3) is 0 Å². The fraction of sp³-hybridized carbons (Fsp3) is 0.222. The number of nitrogens with zero attached hydrogens (tertiary/aromatic N) is 1. The molecular formula is C18H19N3O3S3. The third-order valence-electron chi connectivity index (χ3n) is 3.57. The summed E-state index contributed by atoms with van der Waals surface area (Å²) in [4.78, 5) is 16.5. The Bertz CT molecular complexity index is 1080. The lowest BCUT2D eigenvalue weighted by Gasteiger charge is -2.05. The largest absolute Gasteiger partial charge is 0.351 e. The highest BCUT2D eigenvalue weighted by Gasteiger charge is 2.10. The second-order valence-corrected chi connectivity index (χ2v) is 10.1. The number of hydrogen-bond acceptors (Lipinski definition) is 6. The number of benzene rings is 2. The second-order valence-electron chi connectivity index (χ2n) is 6.09. The van der Waals surface area contributed by atoms with E-state index >= 15 is 0 Å². The van der Waals surface area contributed by atoms with Gasteiger partial charge in [-0.2, -0.15) is 0 Å².